The smallest absolute Gasteiger partial charge is 0.410 e. The van der Waals surface area contributed by atoms with E-state index >= 15 is 0 Å². The number of hydrogen-bond acceptors (Lipinski definition) is 4. The van der Waals surface area contributed by atoms with Crippen LogP contribution < -0.4 is 4.74 Å². The van der Waals surface area contributed by atoms with E-state index in [4.69, 9.17) is 9.47 Å². The van der Waals surface area contributed by atoms with Gasteiger partial charge in [0, 0.05) is 19.3 Å². The van der Waals surface area contributed by atoms with Gasteiger partial charge in [0.05, 0.1) is 13.3 Å². The number of carbonyl (C=O) groups excluding carboxylic acids is 1. The molecule has 0 radical (unpaired) electrons. The summed E-state index contributed by atoms with van der Waals surface area (Å²) in [6.07, 6.45) is 5.22. The van der Waals surface area contributed by atoms with Gasteiger partial charge in [0.15, 0.2) is 0 Å². The van der Waals surface area contributed by atoms with Gasteiger partial charge in [0.2, 0.25) is 0 Å². The highest BCUT2D eigenvalue weighted by Crippen LogP contribution is 2.29. The molecule has 1 aliphatic rings. The molecule has 0 bridgehead atoms. The third-order valence-electron chi connectivity index (χ3n) is 3.59. The van der Waals surface area contributed by atoms with E-state index in [-0.39, 0.29) is 6.09 Å². The highest BCUT2D eigenvalue weighted by molar-refractivity contribution is 5.68. The van der Waals surface area contributed by atoms with Crippen LogP contribution in [0.1, 0.15) is 45.1 Å². The Bertz CT molecular complexity index is 489. The molecule has 0 N–H and O–H groups in total. The van der Waals surface area contributed by atoms with Crippen LogP contribution in [-0.4, -0.2) is 41.8 Å². The van der Waals surface area contributed by atoms with Crippen molar-refractivity contribution in [3.63, 3.8) is 0 Å². The van der Waals surface area contributed by atoms with Crippen molar-refractivity contribution >= 4 is 6.09 Å². The van der Waals surface area contributed by atoms with Crippen LogP contribution >= 0.6 is 0 Å². The fraction of sp³-hybridized carbons (Fsp3) is 0.625. The molecule has 0 aliphatic carbocycles. The van der Waals surface area contributed by atoms with E-state index < -0.39 is 5.60 Å². The average molecular weight is 292 g/mol. The first kappa shape index (κ1) is 15.6. The molecule has 1 aliphatic heterocycles. The second-order valence-corrected chi connectivity index (χ2v) is 6.40. The summed E-state index contributed by atoms with van der Waals surface area (Å²) in [6, 6.07) is 2.03. The van der Waals surface area contributed by atoms with Crippen molar-refractivity contribution in [1.29, 1.82) is 0 Å². The Kier molecular flexibility index (Phi) is 4.70. The van der Waals surface area contributed by atoms with Gasteiger partial charge in [-0.3, -0.25) is 4.98 Å². The monoisotopic (exact) mass is 292 g/mol. The molecule has 0 unspecified atom stereocenters. The van der Waals surface area contributed by atoms with Gasteiger partial charge < -0.3 is 14.4 Å². The number of amides is 1. The first-order chi connectivity index (χ1) is 9.89. The van der Waals surface area contributed by atoms with Gasteiger partial charge in [-0.15, -0.1) is 0 Å². The van der Waals surface area contributed by atoms with Crippen LogP contribution in [0.4, 0.5) is 4.79 Å². The number of methoxy groups -OCH3 is 1. The summed E-state index contributed by atoms with van der Waals surface area (Å²) in [7, 11) is 1.64. The zero-order valence-corrected chi connectivity index (χ0v) is 13.3. The lowest BCUT2D eigenvalue weighted by Gasteiger charge is -2.33. The molecule has 1 fully saturated rings. The number of rotatable bonds is 2. The summed E-state index contributed by atoms with van der Waals surface area (Å²) >= 11 is 0. The standard InChI is InChI=1S/C16H24N2O3/c1-16(2,3)21-15(19)18-7-5-12(6-8-18)13-9-14(20-4)11-17-10-13/h9-12H,5-8H2,1-4H3. The van der Waals surface area contributed by atoms with Gasteiger partial charge in [0.1, 0.15) is 11.4 Å². The van der Waals surface area contributed by atoms with Gasteiger partial charge in [-0.1, -0.05) is 0 Å². The fourth-order valence-electron chi connectivity index (χ4n) is 2.49. The number of carbonyl (C=O) groups is 1. The summed E-state index contributed by atoms with van der Waals surface area (Å²) in [5.74, 6) is 1.20. The summed E-state index contributed by atoms with van der Waals surface area (Å²) in [6.45, 7) is 7.10. The van der Waals surface area contributed by atoms with Crippen molar-refractivity contribution in [2.24, 2.45) is 0 Å². The molecular weight excluding hydrogens is 268 g/mol. The number of pyridine rings is 1. The molecule has 1 aromatic rings. The Morgan fingerprint density at radius 2 is 1.95 bits per heavy atom. The van der Waals surface area contributed by atoms with Crippen LogP contribution in [0.3, 0.4) is 0 Å². The zero-order chi connectivity index (χ0) is 15.5. The molecule has 5 heteroatoms. The molecule has 2 heterocycles. The van der Waals surface area contributed by atoms with Gasteiger partial charge in [0.25, 0.3) is 0 Å². The molecule has 5 nitrogen and oxygen atoms in total. The highest BCUT2D eigenvalue weighted by atomic mass is 16.6. The van der Waals surface area contributed by atoms with Gasteiger partial charge in [-0.25, -0.2) is 4.79 Å². The van der Waals surface area contributed by atoms with Crippen LogP contribution in [0.25, 0.3) is 0 Å². The normalized spacial score (nSPS) is 16.7. The maximum atomic E-state index is 12.0. The maximum absolute atomic E-state index is 12.0. The number of piperidine rings is 1. The van der Waals surface area contributed by atoms with Crippen LogP contribution in [0.5, 0.6) is 5.75 Å². The SMILES string of the molecule is COc1cncc(C2CCN(C(=O)OC(C)(C)C)CC2)c1. The minimum atomic E-state index is -0.440. The van der Waals surface area contributed by atoms with E-state index in [0.29, 0.717) is 5.92 Å². The third-order valence-corrected chi connectivity index (χ3v) is 3.59. The van der Waals surface area contributed by atoms with Crippen LogP contribution in [0, 0.1) is 0 Å². The molecule has 0 aromatic carbocycles. The Labute approximate surface area is 126 Å². The average Bonchev–Trinajstić information content (AvgIpc) is 2.46. The summed E-state index contributed by atoms with van der Waals surface area (Å²) in [5, 5.41) is 0. The Morgan fingerprint density at radius 3 is 2.52 bits per heavy atom. The first-order valence-electron chi connectivity index (χ1n) is 7.36. The van der Waals surface area contributed by atoms with Gasteiger partial charge in [-0.05, 0) is 51.2 Å². The molecule has 0 spiro atoms. The van der Waals surface area contributed by atoms with Crippen molar-refractivity contribution < 1.29 is 14.3 Å². The first-order valence-corrected chi connectivity index (χ1v) is 7.36. The number of ether oxygens (including phenoxy) is 2. The summed E-state index contributed by atoms with van der Waals surface area (Å²) < 4.78 is 10.6. The van der Waals surface area contributed by atoms with Crippen molar-refractivity contribution in [1.82, 2.24) is 9.88 Å². The molecule has 21 heavy (non-hydrogen) atoms. The van der Waals surface area contributed by atoms with Crippen molar-refractivity contribution in [2.75, 3.05) is 20.2 Å². The van der Waals surface area contributed by atoms with E-state index in [1.807, 2.05) is 33.0 Å². The topological polar surface area (TPSA) is 51.7 Å². The van der Waals surface area contributed by atoms with E-state index in [1.54, 1.807) is 18.2 Å². The lowest BCUT2D eigenvalue weighted by molar-refractivity contribution is 0.0204. The predicted molar refractivity (Wildman–Crippen MR) is 80.6 cm³/mol. The van der Waals surface area contributed by atoms with Crippen molar-refractivity contribution in [3.05, 3.63) is 24.0 Å². The molecule has 2 rings (SSSR count). The summed E-state index contributed by atoms with van der Waals surface area (Å²) in [5.41, 5.74) is 0.739. The zero-order valence-electron chi connectivity index (χ0n) is 13.3. The molecule has 1 saturated heterocycles. The van der Waals surface area contributed by atoms with Crippen molar-refractivity contribution in [3.8, 4) is 5.75 Å². The number of hydrogen-bond donors (Lipinski definition) is 0. The van der Waals surface area contributed by atoms with E-state index in [2.05, 4.69) is 4.98 Å². The van der Waals surface area contributed by atoms with Crippen LogP contribution in [0.15, 0.2) is 18.5 Å². The lowest BCUT2D eigenvalue weighted by Crippen LogP contribution is -2.41. The largest absolute Gasteiger partial charge is 0.495 e. The second-order valence-electron chi connectivity index (χ2n) is 6.40. The Balaban J connectivity index is 1.92. The van der Waals surface area contributed by atoms with Crippen LogP contribution in [-0.2, 0) is 4.74 Å². The Hall–Kier alpha value is -1.78. The second kappa shape index (κ2) is 6.33. The van der Waals surface area contributed by atoms with E-state index in [9.17, 15) is 4.79 Å². The number of likely N-dealkylation sites (tertiary alicyclic amines) is 1. The predicted octanol–water partition coefficient (Wildman–Crippen LogP) is 3.20. The molecule has 1 amide bonds. The minimum Gasteiger partial charge on any atom is -0.495 e. The minimum absolute atomic E-state index is 0.218. The molecule has 0 saturated carbocycles. The highest BCUT2D eigenvalue weighted by Gasteiger charge is 2.27. The summed E-state index contributed by atoms with van der Waals surface area (Å²) in [4.78, 5) is 18.0. The van der Waals surface area contributed by atoms with E-state index in [0.717, 1.165) is 31.7 Å². The third kappa shape index (κ3) is 4.34. The quantitative estimate of drug-likeness (QED) is 0.840. The van der Waals surface area contributed by atoms with Crippen molar-refractivity contribution in [2.45, 2.75) is 45.1 Å². The number of nitrogens with zero attached hydrogens (tertiary/aromatic N) is 2. The van der Waals surface area contributed by atoms with Gasteiger partial charge >= 0.3 is 6.09 Å². The Morgan fingerprint density at radius 1 is 1.29 bits per heavy atom. The molecule has 0 atom stereocenters. The maximum Gasteiger partial charge on any atom is 0.410 e. The van der Waals surface area contributed by atoms with E-state index in [1.165, 1.54) is 5.56 Å². The molecular formula is C16H24N2O3. The molecule has 116 valence electrons. The molecule has 1 aromatic heterocycles. The number of aromatic nitrogens is 1. The van der Waals surface area contributed by atoms with Crippen LogP contribution in [0.2, 0.25) is 0 Å². The lowest BCUT2D eigenvalue weighted by atomic mass is 9.90. The fourth-order valence-corrected chi connectivity index (χ4v) is 2.49. The van der Waals surface area contributed by atoms with Gasteiger partial charge in [-0.2, -0.15) is 0 Å².